The molecule has 3 atom stereocenters. The molecule has 0 saturated heterocycles. The summed E-state index contributed by atoms with van der Waals surface area (Å²) in [7, 11) is 0. The van der Waals surface area contributed by atoms with Gasteiger partial charge in [-0.15, -0.1) is 0 Å². The second-order valence-electron chi connectivity index (χ2n) is 4.64. The number of hydrogen-bond acceptors (Lipinski definition) is 1. The highest BCUT2D eigenvalue weighted by atomic mass is 19.1. The standard InChI is InChI=1S/C13H17FO/c1-8-3-5-12(14)11(7-8)10-4-6-13(15)9(10)2/h3,5,7,9-10,13,15H,4,6H2,1-2H3. The number of rotatable bonds is 1. The molecule has 15 heavy (non-hydrogen) atoms. The first-order valence-electron chi connectivity index (χ1n) is 5.53. The van der Waals surface area contributed by atoms with Crippen molar-refractivity contribution in [2.75, 3.05) is 0 Å². The Kier molecular flexibility index (Phi) is 2.79. The zero-order valence-electron chi connectivity index (χ0n) is 9.20. The van der Waals surface area contributed by atoms with Crippen LogP contribution in [0, 0.1) is 18.7 Å². The lowest BCUT2D eigenvalue weighted by Crippen LogP contribution is -2.15. The Hall–Kier alpha value is -0.890. The largest absolute Gasteiger partial charge is 0.393 e. The predicted octanol–water partition coefficient (Wildman–Crippen LogP) is 3.01. The lowest BCUT2D eigenvalue weighted by atomic mass is 9.88. The maximum Gasteiger partial charge on any atom is 0.126 e. The number of hydrogen-bond donors (Lipinski definition) is 1. The molecule has 0 radical (unpaired) electrons. The molecule has 0 aromatic heterocycles. The van der Waals surface area contributed by atoms with Crippen molar-refractivity contribution < 1.29 is 9.50 Å². The number of aliphatic hydroxyl groups is 1. The molecule has 0 aliphatic heterocycles. The van der Waals surface area contributed by atoms with Crippen LogP contribution in [-0.2, 0) is 0 Å². The minimum atomic E-state index is -0.269. The normalized spacial score (nSPS) is 30.8. The molecular formula is C13H17FO. The van der Waals surface area contributed by atoms with Gasteiger partial charge in [0, 0.05) is 0 Å². The lowest BCUT2D eigenvalue weighted by Gasteiger charge is -2.18. The Morgan fingerprint density at radius 2 is 2.07 bits per heavy atom. The minimum absolute atomic E-state index is 0.133. The Morgan fingerprint density at radius 1 is 1.33 bits per heavy atom. The van der Waals surface area contributed by atoms with E-state index in [1.54, 1.807) is 6.07 Å². The molecule has 1 aliphatic carbocycles. The zero-order valence-corrected chi connectivity index (χ0v) is 9.20. The molecule has 0 spiro atoms. The third kappa shape index (κ3) is 1.91. The van der Waals surface area contributed by atoms with Crippen LogP contribution in [0.3, 0.4) is 0 Å². The molecule has 2 heteroatoms. The van der Waals surface area contributed by atoms with E-state index >= 15 is 0 Å². The molecular weight excluding hydrogens is 191 g/mol. The van der Waals surface area contributed by atoms with Crippen molar-refractivity contribution in [3.8, 4) is 0 Å². The van der Waals surface area contributed by atoms with Crippen molar-refractivity contribution >= 4 is 0 Å². The first-order valence-corrected chi connectivity index (χ1v) is 5.53. The highest BCUT2D eigenvalue weighted by molar-refractivity contribution is 5.28. The summed E-state index contributed by atoms with van der Waals surface area (Å²) in [6, 6.07) is 5.23. The molecule has 1 aromatic carbocycles. The van der Waals surface area contributed by atoms with Crippen molar-refractivity contribution in [2.24, 2.45) is 5.92 Å². The van der Waals surface area contributed by atoms with Gasteiger partial charge >= 0.3 is 0 Å². The van der Waals surface area contributed by atoms with E-state index in [0.29, 0.717) is 0 Å². The summed E-state index contributed by atoms with van der Waals surface area (Å²) in [5.74, 6) is 0.216. The van der Waals surface area contributed by atoms with Crippen LogP contribution in [-0.4, -0.2) is 11.2 Å². The fraction of sp³-hybridized carbons (Fsp3) is 0.538. The van der Waals surface area contributed by atoms with E-state index in [1.807, 2.05) is 19.9 Å². The number of benzene rings is 1. The zero-order chi connectivity index (χ0) is 11.0. The molecule has 1 aliphatic rings. The molecule has 82 valence electrons. The average Bonchev–Trinajstić information content (AvgIpc) is 2.52. The molecule has 2 rings (SSSR count). The van der Waals surface area contributed by atoms with Crippen molar-refractivity contribution in [1.82, 2.24) is 0 Å². The van der Waals surface area contributed by atoms with Gasteiger partial charge in [0.05, 0.1) is 6.10 Å². The summed E-state index contributed by atoms with van der Waals surface area (Å²) >= 11 is 0. The van der Waals surface area contributed by atoms with E-state index in [-0.39, 0.29) is 23.8 Å². The van der Waals surface area contributed by atoms with E-state index < -0.39 is 0 Å². The van der Waals surface area contributed by atoms with Gasteiger partial charge in [-0.1, -0.05) is 24.6 Å². The quantitative estimate of drug-likeness (QED) is 0.752. The lowest BCUT2D eigenvalue weighted by molar-refractivity contribution is 0.136. The van der Waals surface area contributed by atoms with Crippen molar-refractivity contribution in [1.29, 1.82) is 0 Å². The highest BCUT2D eigenvalue weighted by Crippen LogP contribution is 2.40. The van der Waals surface area contributed by atoms with E-state index in [1.165, 1.54) is 6.07 Å². The fourth-order valence-corrected chi connectivity index (χ4v) is 2.53. The van der Waals surface area contributed by atoms with Crippen LogP contribution in [0.1, 0.15) is 36.8 Å². The SMILES string of the molecule is Cc1ccc(F)c(C2CCC(O)C2C)c1. The van der Waals surface area contributed by atoms with Crippen molar-refractivity contribution in [3.05, 3.63) is 35.1 Å². The number of halogens is 1. The molecule has 0 bridgehead atoms. The van der Waals surface area contributed by atoms with E-state index in [0.717, 1.165) is 24.0 Å². The Balaban J connectivity index is 2.33. The van der Waals surface area contributed by atoms with Gasteiger partial charge in [0.15, 0.2) is 0 Å². The van der Waals surface area contributed by atoms with Gasteiger partial charge in [-0.2, -0.15) is 0 Å². The van der Waals surface area contributed by atoms with Gasteiger partial charge in [-0.05, 0) is 43.2 Å². The Labute approximate surface area is 89.9 Å². The maximum absolute atomic E-state index is 13.6. The Bertz CT molecular complexity index is 362. The number of aliphatic hydroxyl groups excluding tert-OH is 1. The first kappa shape index (κ1) is 10.6. The smallest absolute Gasteiger partial charge is 0.126 e. The van der Waals surface area contributed by atoms with Crippen LogP contribution in [0.2, 0.25) is 0 Å². The van der Waals surface area contributed by atoms with Crippen LogP contribution in [0.4, 0.5) is 4.39 Å². The van der Waals surface area contributed by atoms with Crippen molar-refractivity contribution in [3.63, 3.8) is 0 Å². The summed E-state index contributed by atoms with van der Waals surface area (Å²) in [6.45, 7) is 3.98. The molecule has 3 unspecified atom stereocenters. The second-order valence-corrected chi connectivity index (χ2v) is 4.64. The third-order valence-electron chi connectivity index (χ3n) is 3.57. The molecule has 1 aromatic rings. The summed E-state index contributed by atoms with van der Waals surface area (Å²) in [6.07, 6.45) is 1.41. The third-order valence-corrected chi connectivity index (χ3v) is 3.57. The van der Waals surface area contributed by atoms with E-state index in [2.05, 4.69) is 0 Å². The number of aryl methyl sites for hydroxylation is 1. The molecule has 1 saturated carbocycles. The summed E-state index contributed by atoms with van der Waals surface area (Å²) in [4.78, 5) is 0. The van der Waals surface area contributed by atoms with Crippen LogP contribution < -0.4 is 0 Å². The van der Waals surface area contributed by atoms with Gasteiger partial charge in [0.25, 0.3) is 0 Å². The van der Waals surface area contributed by atoms with Gasteiger partial charge < -0.3 is 5.11 Å². The van der Waals surface area contributed by atoms with E-state index in [9.17, 15) is 9.50 Å². The minimum Gasteiger partial charge on any atom is -0.393 e. The van der Waals surface area contributed by atoms with E-state index in [4.69, 9.17) is 0 Å². The van der Waals surface area contributed by atoms with Crippen molar-refractivity contribution in [2.45, 2.75) is 38.7 Å². The monoisotopic (exact) mass is 208 g/mol. The first-order chi connectivity index (χ1) is 7.09. The maximum atomic E-state index is 13.6. The summed E-state index contributed by atoms with van der Waals surface area (Å²) in [5.41, 5.74) is 1.86. The van der Waals surface area contributed by atoms with Gasteiger partial charge in [-0.3, -0.25) is 0 Å². The molecule has 1 fully saturated rings. The Morgan fingerprint density at radius 3 is 2.67 bits per heavy atom. The van der Waals surface area contributed by atoms with Gasteiger partial charge in [0.1, 0.15) is 5.82 Å². The molecule has 1 N–H and O–H groups in total. The van der Waals surface area contributed by atoms with Crippen LogP contribution in [0.15, 0.2) is 18.2 Å². The highest BCUT2D eigenvalue weighted by Gasteiger charge is 2.33. The fourth-order valence-electron chi connectivity index (χ4n) is 2.53. The average molecular weight is 208 g/mol. The van der Waals surface area contributed by atoms with Crippen LogP contribution in [0.25, 0.3) is 0 Å². The summed E-state index contributed by atoms with van der Waals surface area (Å²) in [5, 5.41) is 9.67. The van der Waals surface area contributed by atoms with Crippen LogP contribution >= 0.6 is 0 Å². The molecule has 1 nitrogen and oxygen atoms in total. The molecule has 0 amide bonds. The van der Waals surface area contributed by atoms with Gasteiger partial charge in [0.2, 0.25) is 0 Å². The van der Waals surface area contributed by atoms with Gasteiger partial charge in [-0.25, -0.2) is 4.39 Å². The van der Waals surface area contributed by atoms with Crippen LogP contribution in [0.5, 0.6) is 0 Å². The topological polar surface area (TPSA) is 20.2 Å². The predicted molar refractivity (Wildman–Crippen MR) is 58.3 cm³/mol. The summed E-state index contributed by atoms with van der Waals surface area (Å²) < 4.78 is 13.6. The molecule has 0 heterocycles. The second kappa shape index (κ2) is 3.93.